The lowest BCUT2D eigenvalue weighted by Gasteiger charge is -2.31. The molecule has 0 radical (unpaired) electrons. The first-order valence-electron chi connectivity index (χ1n) is 21.9. The Hall–Kier alpha value is -4.84. The fraction of sp³-hybridized carbons (Fsp3) is 0.805. The molecule has 1 aliphatic rings. The standard InChI is InChI=1S/C41H78N12O7/c1-11-43-38(44-12-2)47-23-17-15-20-29(52-40(59)60-41(8,9)10)34(55)51-31(26-27(5)6)35(56)50-30(21-16-18-24-48-39(45-13-3)46-14-4)37(58)53-25-19-22-32(53)36(57)49-28(7)33(42)54/h27-32H,11-26H2,1-10H3,(H2,42,54)(H,49,57)(H,50,56)(H,51,55)(H,52,59)(H2,43,44,47)(H2,45,46,48)/t28-,29+,30-,31?,32?/m0/s1. The molecule has 0 spiro atoms. The van der Waals surface area contributed by atoms with Crippen molar-refractivity contribution in [3.8, 4) is 0 Å². The largest absolute Gasteiger partial charge is 0.444 e. The van der Waals surface area contributed by atoms with E-state index in [0.29, 0.717) is 89.7 Å². The Morgan fingerprint density at radius 1 is 0.700 bits per heavy atom. The van der Waals surface area contributed by atoms with Crippen LogP contribution in [0.5, 0.6) is 0 Å². The summed E-state index contributed by atoms with van der Waals surface area (Å²) in [5, 5.41) is 23.8. The zero-order chi connectivity index (χ0) is 45.3. The number of guanidine groups is 2. The minimum atomic E-state index is -1.05. The summed E-state index contributed by atoms with van der Waals surface area (Å²) in [7, 11) is 0. The SMILES string of the molecule is CCNC(=NCCCC[C@H](NC(=O)C(CC(C)C)NC(=O)[C@@H](CCCCN=C(NCC)NCC)NC(=O)OC(C)(C)C)C(=O)N1CCCC1C(=O)N[C@@H](C)C(N)=O)NCC. The van der Waals surface area contributed by atoms with E-state index in [9.17, 15) is 28.8 Å². The molecule has 0 aromatic heterocycles. The molecule has 1 fully saturated rings. The molecule has 344 valence electrons. The lowest BCUT2D eigenvalue weighted by Crippen LogP contribution is -2.59. The number of primary amides is 1. The van der Waals surface area contributed by atoms with Crippen molar-refractivity contribution in [3.05, 3.63) is 0 Å². The normalized spacial score (nSPS) is 15.7. The number of hydrogen-bond acceptors (Lipinski definition) is 9. The van der Waals surface area contributed by atoms with Crippen molar-refractivity contribution in [1.82, 2.24) is 47.4 Å². The second-order valence-corrected chi connectivity index (χ2v) is 16.3. The van der Waals surface area contributed by atoms with E-state index in [-0.39, 0.29) is 31.7 Å². The van der Waals surface area contributed by atoms with E-state index >= 15 is 0 Å². The van der Waals surface area contributed by atoms with Crippen LogP contribution < -0.4 is 48.3 Å². The average molecular weight is 851 g/mol. The lowest BCUT2D eigenvalue weighted by molar-refractivity contribution is -0.142. The van der Waals surface area contributed by atoms with Gasteiger partial charge in [0.05, 0.1) is 0 Å². The molecule has 19 nitrogen and oxygen atoms in total. The number of nitrogens with one attached hydrogen (secondary N) is 8. The van der Waals surface area contributed by atoms with Gasteiger partial charge in [0.2, 0.25) is 29.5 Å². The molecule has 60 heavy (non-hydrogen) atoms. The predicted octanol–water partition coefficient (Wildman–Crippen LogP) is 1.37. The van der Waals surface area contributed by atoms with Crippen molar-refractivity contribution in [2.45, 2.75) is 163 Å². The molecule has 10 N–H and O–H groups in total. The number of likely N-dealkylation sites (tertiary alicyclic amines) is 1. The molecule has 1 aliphatic heterocycles. The van der Waals surface area contributed by atoms with Crippen LogP contribution in [-0.2, 0) is 28.7 Å². The first-order chi connectivity index (χ1) is 28.4. The third-order valence-corrected chi connectivity index (χ3v) is 9.30. The molecule has 5 atom stereocenters. The first kappa shape index (κ1) is 53.2. The van der Waals surface area contributed by atoms with Crippen molar-refractivity contribution >= 4 is 47.5 Å². The van der Waals surface area contributed by atoms with E-state index in [1.54, 1.807) is 20.8 Å². The number of ether oxygens (including phenoxy) is 1. The number of hydrogen-bond donors (Lipinski definition) is 9. The third kappa shape index (κ3) is 21.4. The summed E-state index contributed by atoms with van der Waals surface area (Å²) in [6, 6.07) is -4.87. The molecule has 0 saturated carbocycles. The van der Waals surface area contributed by atoms with Crippen molar-refractivity contribution in [2.75, 3.05) is 45.8 Å². The zero-order valence-corrected chi connectivity index (χ0v) is 38.1. The molecular weight excluding hydrogens is 773 g/mol. The van der Waals surface area contributed by atoms with Crippen LogP contribution in [-0.4, -0.2) is 134 Å². The number of carbonyl (C=O) groups excluding carboxylic acids is 6. The van der Waals surface area contributed by atoms with Gasteiger partial charge in [0.1, 0.15) is 35.8 Å². The quantitative estimate of drug-likeness (QED) is 0.0360. The number of alkyl carbamates (subject to hydrolysis) is 1. The van der Waals surface area contributed by atoms with Crippen LogP contribution in [0.2, 0.25) is 0 Å². The van der Waals surface area contributed by atoms with Crippen LogP contribution in [0.25, 0.3) is 0 Å². The number of aliphatic imine (C=N–C) groups is 2. The fourth-order valence-corrected chi connectivity index (χ4v) is 6.43. The smallest absolute Gasteiger partial charge is 0.408 e. The van der Waals surface area contributed by atoms with Gasteiger partial charge in [0.25, 0.3) is 0 Å². The number of nitrogens with two attached hydrogens (primary N) is 1. The van der Waals surface area contributed by atoms with Crippen LogP contribution in [0, 0.1) is 5.92 Å². The zero-order valence-electron chi connectivity index (χ0n) is 38.1. The number of unbranched alkanes of at least 4 members (excludes halogenated alkanes) is 2. The van der Waals surface area contributed by atoms with Gasteiger partial charge < -0.3 is 57.9 Å². The van der Waals surface area contributed by atoms with Crippen molar-refractivity contribution in [2.24, 2.45) is 21.6 Å². The van der Waals surface area contributed by atoms with Gasteiger partial charge in [-0.3, -0.25) is 34.0 Å². The molecule has 0 aromatic rings. The highest BCUT2D eigenvalue weighted by Gasteiger charge is 2.39. The highest BCUT2D eigenvalue weighted by molar-refractivity contribution is 5.96. The summed E-state index contributed by atoms with van der Waals surface area (Å²) in [5.41, 5.74) is 4.57. The Bertz CT molecular complexity index is 1400. The lowest BCUT2D eigenvalue weighted by atomic mass is 10.0. The Labute approximate surface area is 358 Å². The maximum Gasteiger partial charge on any atom is 0.408 e. The van der Waals surface area contributed by atoms with Gasteiger partial charge in [-0.25, -0.2) is 4.79 Å². The Morgan fingerprint density at radius 2 is 1.18 bits per heavy atom. The minimum Gasteiger partial charge on any atom is -0.444 e. The number of rotatable bonds is 25. The topological polar surface area (TPSA) is 262 Å². The maximum atomic E-state index is 14.3. The van der Waals surface area contributed by atoms with Gasteiger partial charge in [-0.1, -0.05) is 13.8 Å². The van der Waals surface area contributed by atoms with Gasteiger partial charge in [-0.2, -0.15) is 0 Å². The van der Waals surface area contributed by atoms with Gasteiger partial charge in [-0.15, -0.1) is 0 Å². The molecule has 1 rings (SSSR count). The molecule has 0 aromatic carbocycles. The van der Waals surface area contributed by atoms with E-state index in [0.717, 1.165) is 0 Å². The third-order valence-electron chi connectivity index (χ3n) is 9.30. The monoisotopic (exact) mass is 851 g/mol. The molecule has 2 unspecified atom stereocenters. The summed E-state index contributed by atoms with van der Waals surface area (Å²) in [6.45, 7) is 22.5. The Morgan fingerprint density at radius 3 is 1.65 bits per heavy atom. The van der Waals surface area contributed by atoms with Crippen LogP contribution >= 0.6 is 0 Å². The summed E-state index contributed by atoms with van der Waals surface area (Å²) in [4.78, 5) is 90.9. The van der Waals surface area contributed by atoms with Crippen molar-refractivity contribution in [3.63, 3.8) is 0 Å². The summed E-state index contributed by atoms with van der Waals surface area (Å²) < 4.78 is 5.47. The number of amides is 6. The van der Waals surface area contributed by atoms with Crippen LogP contribution in [0.4, 0.5) is 4.79 Å². The first-order valence-corrected chi connectivity index (χ1v) is 21.9. The second kappa shape index (κ2) is 28.6. The highest BCUT2D eigenvalue weighted by Crippen LogP contribution is 2.21. The van der Waals surface area contributed by atoms with E-state index < -0.39 is 71.4 Å². The van der Waals surface area contributed by atoms with Gasteiger partial charge in [-0.05, 0) is 119 Å². The molecule has 1 saturated heterocycles. The number of carbonyl (C=O) groups is 6. The molecular formula is C41H78N12O7. The van der Waals surface area contributed by atoms with Gasteiger partial charge in [0.15, 0.2) is 11.9 Å². The van der Waals surface area contributed by atoms with Crippen molar-refractivity contribution in [1.29, 1.82) is 0 Å². The van der Waals surface area contributed by atoms with Crippen LogP contribution in [0.15, 0.2) is 9.98 Å². The minimum absolute atomic E-state index is 0.0348. The van der Waals surface area contributed by atoms with Gasteiger partial charge in [0, 0.05) is 45.8 Å². The Kier molecular flexibility index (Phi) is 25.3. The molecule has 19 heteroatoms. The molecule has 1 heterocycles. The molecule has 0 aliphatic carbocycles. The summed E-state index contributed by atoms with van der Waals surface area (Å²) in [6.07, 6.45) is 3.23. The van der Waals surface area contributed by atoms with E-state index in [4.69, 9.17) is 10.5 Å². The van der Waals surface area contributed by atoms with Crippen LogP contribution in [0.1, 0.15) is 127 Å². The summed E-state index contributed by atoms with van der Waals surface area (Å²) >= 11 is 0. The van der Waals surface area contributed by atoms with E-state index in [2.05, 4.69) is 52.5 Å². The van der Waals surface area contributed by atoms with Crippen LogP contribution in [0.3, 0.4) is 0 Å². The maximum absolute atomic E-state index is 14.3. The fourth-order valence-electron chi connectivity index (χ4n) is 6.43. The number of nitrogens with zero attached hydrogens (tertiary/aromatic N) is 3. The summed E-state index contributed by atoms with van der Waals surface area (Å²) in [5.74, 6) is -1.43. The average Bonchev–Trinajstić information content (AvgIpc) is 3.66. The van der Waals surface area contributed by atoms with Gasteiger partial charge >= 0.3 is 6.09 Å². The molecule has 6 amide bonds. The second-order valence-electron chi connectivity index (χ2n) is 16.3. The predicted molar refractivity (Wildman–Crippen MR) is 235 cm³/mol. The van der Waals surface area contributed by atoms with Crippen molar-refractivity contribution < 1.29 is 33.5 Å². The molecule has 0 bridgehead atoms. The highest BCUT2D eigenvalue weighted by atomic mass is 16.6. The van der Waals surface area contributed by atoms with E-state index in [1.165, 1.54) is 11.8 Å². The van der Waals surface area contributed by atoms with E-state index in [1.807, 2.05) is 41.5 Å². The Balaban J connectivity index is 3.34.